The Morgan fingerprint density at radius 2 is 1.87 bits per heavy atom. The topological polar surface area (TPSA) is 60.2 Å². The number of sulfone groups is 1. The SMILES string of the molecule is CCCCCCCC1CC(CS(=O)(=O)c2ncco2)CC1CC. The van der Waals surface area contributed by atoms with Gasteiger partial charge in [0.15, 0.2) is 0 Å². The fourth-order valence-electron chi connectivity index (χ4n) is 4.08. The van der Waals surface area contributed by atoms with Crippen LogP contribution in [0.3, 0.4) is 0 Å². The van der Waals surface area contributed by atoms with Crippen LogP contribution in [0.2, 0.25) is 0 Å². The van der Waals surface area contributed by atoms with Gasteiger partial charge >= 0.3 is 5.22 Å². The zero-order chi connectivity index (χ0) is 16.7. The first kappa shape index (κ1) is 18.5. The van der Waals surface area contributed by atoms with Gasteiger partial charge in [0.05, 0.1) is 11.9 Å². The van der Waals surface area contributed by atoms with E-state index in [9.17, 15) is 8.42 Å². The highest BCUT2D eigenvalue weighted by Gasteiger charge is 2.36. The molecule has 1 heterocycles. The molecular weight excluding hydrogens is 310 g/mol. The number of rotatable bonds is 10. The van der Waals surface area contributed by atoms with Crippen LogP contribution in [-0.4, -0.2) is 19.2 Å². The molecule has 0 bridgehead atoms. The summed E-state index contributed by atoms with van der Waals surface area (Å²) in [4.78, 5) is 3.81. The van der Waals surface area contributed by atoms with E-state index >= 15 is 0 Å². The summed E-state index contributed by atoms with van der Waals surface area (Å²) in [5.41, 5.74) is 0. The molecule has 0 radical (unpaired) electrons. The van der Waals surface area contributed by atoms with E-state index in [1.807, 2.05) is 0 Å². The summed E-state index contributed by atoms with van der Waals surface area (Å²) in [6, 6.07) is 0. The molecule has 1 fully saturated rings. The van der Waals surface area contributed by atoms with Crippen LogP contribution in [0.25, 0.3) is 0 Å². The standard InChI is InChI=1S/C18H31NO3S/c1-3-5-6-7-8-9-17-13-15(12-16(17)4-2)14-23(20,21)18-19-10-11-22-18/h10-11,15-17H,3-9,12-14H2,1-2H3. The predicted molar refractivity (Wildman–Crippen MR) is 91.9 cm³/mol. The number of hydrogen-bond donors (Lipinski definition) is 0. The highest BCUT2D eigenvalue weighted by molar-refractivity contribution is 7.91. The minimum absolute atomic E-state index is 0.117. The smallest absolute Gasteiger partial charge is 0.314 e. The molecule has 3 atom stereocenters. The minimum atomic E-state index is -3.37. The lowest BCUT2D eigenvalue weighted by Gasteiger charge is -2.17. The Hall–Kier alpha value is -0.840. The van der Waals surface area contributed by atoms with Crippen molar-refractivity contribution < 1.29 is 12.8 Å². The Morgan fingerprint density at radius 1 is 1.13 bits per heavy atom. The molecule has 0 aliphatic heterocycles. The zero-order valence-corrected chi connectivity index (χ0v) is 15.4. The van der Waals surface area contributed by atoms with Gasteiger partial charge in [0.1, 0.15) is 6.26 Å². The van der Waals surface area contributed by atoms with Crippen LogP contribution >= 0.6 is 0 Å². The van der Waals surface area contributed by atoms with E-state index in [0.29, 0.717) is 11.8 Å². The second-order valence-corrected chi connectivity index (χ2v) is 8.96. The van der Waals surface area contributed by atoms with Gasteiger partial charge in [0.25, 0.3) is 0 Å². The predicted octanol–water partition coefficient (Wildman–Crippen LogP) is 4.86. The third kappa shape index (κ3) is 5.33. The Bertz CT molecular complexity index is 539. The quantitative estimate of drug-likeness (QED) is 0.570. The van der Waals surface area contributed by atoms with E-state index in [0.717, 1.165) is 19.3 Å². The molecule has 2 rings (SSSR count). The van der Waals surface area contributed by atoms with Gasteiger partial charge < -0.3 is 4.42 Å². The fourth-order valence-corrected chi connectivity index (χ4v) is 5.54. The van der Waals surface area contributed by atoms with E-state index in [4.69, 9.17) is 4.42 Å². The maximum absolute atomic E-state index is 12.3. The summed E-state index contributed by atoms with van der Waals surface area (Å²) >= 11 is 0. The van der Waals surface area contributed by atoms with Crippen LogP contribution in [0.1, 0.15) is 71.6 Å². The molecule has 0 N–H and O–H groups in total. The van der Waals surface area contributed by atoms with Crippen LogP contribution in [0.5, 0.6) is 0 Å². The summed E-state index contributed by atoms with van der Waals surface area (Å²) in [6.07, 6.45) is 13.8. The molecule has 4 nitrogen and oxygen atoms in total. The summed E-state index contributed by atoms with van der Waals surface area (Å²) in [6.45, 7) is 4.47. The molecule has 0 amide bonds. The van der Waals surface area contributed by atoms with Crippen molar-refractivity contribution in [3.8, 4) is 0 Å². The molecule has 1 aliphatic carbocycles. The Labute approximate surface area is 141 Å². The van der Waals surface area contributed by atoms with Gasteiger partial charge in [-0.2, -0.15) is 0 Å². The molecule has 0 aromatic carbocycles. The van der Waals surface area contributed by atoms with E-state index in [2.05, 4.69) is 18.8 Å². The Morgan fingerprint density at radius 3 is 2.52 bits per heavy atom. The molecule has 1 aliphatic rings. The molecule has 5 heteroatoms. The van der Waals surface area contributed by atoms with E-state index < -0.39 is 9.84 Å². The van der Waals surface area contributed by atoms with Crippen molar-refractivity contribution >= 4 is 9.84 Å². The van der Waals surface area contributed by atoms with Crippen molar-refractivity contribution in [2.45, 2.75) is 76.9 Å². The average Bonchev–Trinajstić information content (AvgIpc) is 3.16. The summed E-state index contributed by atoms with van der Waals surface area (Å²) in [5, 5.41) is -0.117. The second kappa shape index (κ2) is 8.86. The monoisotopic (exact) mass is 341 g/mol. The number of nitrogens with zero attached hydrogens (tertiary/aromatic N) is 1. The zero-order valence-electron chi connectivity index (χ0n) is 14.5. The minimum Gasteiger partial charge on any atom is -0.437 e. The summed E-state index contributed by atoms with van der Waals surface area (Å²) in [5.74, 6) is 1.84. The number of oxazole rings is 1. The molecule has 3 unspecified atom stereocenters. The van der Waals surface area contributed by atoms with Crippen molar-refractivity contribution in [1.29, 1.82) is 0 Å². The number of unbranched alkanes of at least 4 members (excludes halogenated alkanes) is 4. The van der Waals surface area contributed by atoms with Crippen LogP contribution in [0.4, 0.5) is 0 Å². The number of aromatic nitrogens is 1. The Balaban J connectivity index is 1.83. The maximum atomic E-state index is 12.3. The largest absolute Gasteiger partial charge is 0.437 e. The molecule has 1 aromatic heterocycles. The summed E-state index contributed by atoms with van der Waals surface area (Å²) < 4.78 is 29.6. The van der Waals surface area contributed by atoms with Gasteiger partial charge in [-0.3, -0.25) is 0 Å². The van der Waals surface area contributed by atoms with E-state index in [-0.39, 0.29) is 16.9 Å². The Kier molecular flexibility index (Phi) is 7.12. The third-order valence-electron chi connectivity index (χ3n) is 5.27. The summed E-state index contributed by atoms with van der Waals surface area (Å²) in [7, 11) is -3.37. The molecule has 1 saturated carbocycles. The van der Waals surface area contributed by atoms with E-state index in [1.165, 1.54) is 51.0 Å². The van der Waals surface area contributed by atoms with Crippen LogP contribution in [0.15, 0.2) is 22.1 Å². The molecular formula is C18H31NO3S. The van der Waals surface area contributed by atoms with Crippen LogP contribution in [0, 0.1) is 17.8 Å². The first-order chi connectivity index (χ1) is 11.1. The van der Waals surface area contributed by atoms with E-state index in [1.54, 1.807) is 0 Å². The van der Waals surface area contributed by atoms with Gasteiger partial charge in [-0.25, -0.2) is 13.4 Å². The molecule has 23 heavy (non-hydrogen) atoms. The van der Waals surface area contributed by atoms with Gasteiger partial charge in [-0.05, 0) is 30.6 Å². The van der Waals surface area contributed by atoms with Crippen molar-refractivity contribution in [2.75, 3.05) is 5.75 Å². The lowest BCUT2D eigenvalue weighted by atomic mass is 9.89. The molecule has 0 spiro atoms. The second-order valence-electron chi connectivity index (χ2n) is 7.05. The highest BCUT2D eigenvalue weighted by atomic mass is 32.2. The number of hydrogen-bond acceptors (Lipinski definition) is 4. The van der Waals surface area contributed by atoms with Crippen molar-refractivity contribution in [2.24, 2.45) is 17.8 Å². The maximum Gasteiger partial charge on any atom is 0.314 e. The highest BCUT2D eigenvalue weighted by Crippen LogP contribution is 2.42. The molecule has 0 saturated heterocycles. The first-order valence-electron chi connectivity index (χ1n) is 9.19. The normalized spacial score (nSPS) is 25.0. The average molecular weight is 342 g/mol. The lowest BCUT2D eigenvalue weighted by Crippen LogP contribution is -2.15. The van der Waals surface area contributed by atoms with Crippen molar-refractivity contribution in [3.05, 3.63) is 12.5 Å². The van der Waals surface area contributed by atoms with Gasteiger partial charge in [0.2, 0.25) is 9.84 Å². The van der Waals surface area contributed by atoms with Crippen LogP contribution in [-0.2, 0) is 9.84 Å². The molecule has 132 valence electrons. The van der Waals surface area contributed by atoms with Gasteiger partial charge in [-0.15, -0.1) is 0 Å². The molecule has 1 aromatic rings. The lowest BCUT2D eigenvalue weighted by molar-refractivity contribution is 0.342. The van der Waals surface area contributed by atoms with Crippen molar-refractivity contribution in [3.63, 3.8) is 0 Å². The third-order valence-corrected chi connectivity index (χ3v) is 6.92. The van der Waals surface area contributed by atoms with Crippen LogP contribution < -0.4 is 0 Å². The fraction of sp³-hybridized carbons (Fsp3) is 0.833. The first-order valence-corrected chi connectivity index (χ1v) is 10.8. The van der Waals surface area contributed by atoms with Crippen molar-refractivity contribution in [1.82, 2.24) is 4.98 Å². The van der Waals surface area contributed by atoms with Gasteiger partial charge in [0, 0.05) is 0 Å². The van der Waals surface area contributed by atoms with Gasteiger partial charge in [-0.1, -0.05) is 58.8 Å².